The topological polar surface area (TPSA) is 84.2 Å². The van der Waals surface area contributed by atoms with Crippen molar-refractivity contribution >= 4 is 22.4 Å². The predicted molar refractivity (Wildman–Crippen MR) is 132 cm³/mol. The van der Waals surface area contributed by atoms with E-state index in [-0.39, 0.29) is 0 Å². The minimum atomic E-state index is 0.597. The summed E-state index contributed by atoms with van der Waals surface area (Å²) in [6.07, 6.45) is 13.0. The molecule has 0 bridgehead atoms. The average Bonchev–Trinajstić information content (AvgIpc) is 3.46. The maximum Gasteiger partial charge on any atom is 0.178 e. The Morgan fingerprint density at radius 1 is 1.12 bits per heavy atom. The zero-order chi connectivity index (χ0) is 22.9. The second-order valence-electron chi connectivity index (χ2n) is 8.85. The lowest BCUT2D eigenvalue weighted by Crippen LogP contribution is -2.34. The lowest BCUT2D eigenvalue weighted by atomic mass is 9.91. The van der Waals surface area contributed by atoms with Gasteiger partial charge in [0.15, 0.2) is 5.65 Å². The van der Waals surface area contributed by atoms with Crippen LogP contribution in [0.3, 0.4) is 0 Å². The molecule has 8 heteroatoms. The lowest BCUT2D eigenvalue weighted by Gasteiger charge is -2.33. The summed E-state index contributed by atoms with van der Waals surface area (Å²) in [5.74, 6) is 2.51. The van der Waals surface area contributed by atoms with Gasteiger partial charge in [-0.2, -0.15) is 5.10 Å². The first kappa shape index (κ1) is 20.7. The van der Waals surface area contributed by atoms with Gasteiger partial charge in [0.1, 0.15) is 11.6 Å². The van der Waals surface area contributed by atoms with Crippen molar-refractivity contribution in [3.63, 3.8) is 0 Å². The molecule has 0 spiro atoms. The van der Waals surface area contributed by atoms with E-state index >= 15 is 0 Å². The normalized spacial score (nSPS) is 14.8. The molecule has 0 radical (unpaired) electrons. The molecule has 5 aromatic rings. The van der Waals surface area contributed by atoms with Gasteiger partial charge in [0.25, 0.3) is 0 Å². The monoisotopic (exact) mass is 453 g/mol. The van der Waals surface area contributed by atoms with Gasteiger partial charge >= 0.3 is 0 Å². The number of hydrogen-bond acceptors (Lipinski definition) is 6. The first-order valence-corrected chi connectivity index (χ1v) is 11.9. The molecule has 1 aliphatic rings. The van der Waals surface area contributed by atoms with Crippen molar-refractivity contribution < 1.29 is 4.74 Å². The Kier molecular flexibility index (Phi) is 5.33. The molecule has 1 aliphatic heterocycles. The van der Waals surface area contributed by atoms with Crippen molar-refractivity contribution in [3.05, 3.63) is 66.9 Å². The fraction of sp³-hybridized carbons (Fsp3) is 0.308. The van der Waals surface area contributed by atoms with Gasteiger partial charge in [0.05, 0.1) is 29.9 Å². The number of H-pyrrole nitrogens is 1. The number of nitrogens with one attached hydrogen (secondary N) is 1. The van der Waals surface area contributed by atoms with Crippen LogP contribution in [0.25, 0.3) is 27.7 Å². The van der Waals surface area contributed by atoms with E-state index in [0.717, 1.165) is 58.8 Å². The molecule has 5 aromatic heterocycles. The first-order valence-electron chi connectivity index (χ1n) is 11.9. The summed E-state index contributed by atoms with van der Waals surface area (Å²) in [5.41, 5.74) is 5.15. The number of fused-ring (bicyclic) bond motifs is 3. The zero-order valence-corrected chi connectivity index (χ0v) is 19.2. The molecule has 1 N–H and O–H groups in total. The summed E-state index contributed by atoms with van der Waals surface area (Å²) in [4.78, 5) is 11.5. The number of nitrogens with zero attached hydrogens (tertiary/aromatic N) is 6. The van der Waals surface area contributed by atoms with Crippen molar-refractivity contribution in [2.24, 2.45) is 5.92 Å². The molecule has 1 fully saturated rings. The second kappa shape index (κ2) is 8.78. The molecule has 34 heavy (non-hydrogen) atoms. The predicted octanol–water partition coefficient (Wildman–Crippen LogP) is 4.53. The summed E-state index contributed by atoms with van der Waals surface area (Å²) in [6, 6.07) is 10.5. The molecule has 6 heterocycles. The second-order valence-corrected chi connectivity index (χ2v) is 8.85. The van der Waals surface area contributed by atoms with Crippen LogP contribution in [0.1, 0.15) is 25.3 Å². The van der Waals surface area contributed by atoms with E-state index in [4.69, 9.17) is 9.72 Å². The molecule has 0 atom stereocenters. The van der Waals surface area contributed by atoms with Crippen LogP contribution < -0.4 is 9.64 Å². The Balaban J connectivity index is 1.23. The van der Waals surface area contributed by atoms with Crippen molar-refractivity contribution in [3.8, 4) is 16.9 Å². The smallest absolute Gasteiger partial charge is 0.178 e. The van der Waals surface area contributed by atoms with E-state index < -0.39 is 0 Å². The number of pyridine rings is 3. The van der Waals surface area contributed by atoms with Crippen LogP contribution in [0.5, 0.6) is 5.75 Å². The highest BCUT2D eigenvalue weighted by Crippen LogP contribution is 2.33. The minimum absolute atomic E-state index is 0.597. The van der Waals surface area contributed by atoms with Crippen LogP contribution >= 0.6 is 0 Å². The Morgan fingerprint density at radius 3 is 2.79 bits per heavy atom. The summed E-state index contributed by atoms with van der Waals surface area (Å²) >= 11 is 0. The van der Waals surface area contributed by atoms with E-state index in [1.807, 2.05) is 48.5 Å². The number of aromatic amines is 1. The van der Waals surface area contributed by atoms with Gasteiger partial charge in [-0.05, 0) is 61.9 Å². The van der Waals surface area contributed by atoms with E-state index in [1.165, 1.54) is 18.4 Å². The van der Waals surface area contributed by atoms with E-state index in [1.54, 1.807) is 0 Å². The molecule has 0 aromatic carbocycles. The minimum Gasteiger partial charge on any atom is -0.492 e. The first-order chi connectivity index (χ1) is 16.8. The summed E-state index contributed by atoms with van der Waals surface area (Å²) < 4.78 is 7.67. The standard InChI is InChI=1S/C26H27N7O/c1-2-34-21-13-22(25-23-16-29-30-26(23)31-33(25)17-21)20-5-6-24(28-15-20)32-10-7-18(8-11-32)12-19-4-3-9-27-14-19/h3-6,9,13-18H,2,7-8,10-12H2,1H3,(H,30,31). The SMILES string of the molecule is CCOc1cc(-c2ccc(N3CCC(Cc4cccnc4)CC3)nc2)c2c3cn[nH]c3nn2c1. The van der Waals surface area contributed by atoms with E-state index in [2.05, 4.69) is 49.4 Å². The molecule has 0 saturated carbocycles. The summed E-state index contributed by atoms with van der Waals surface area (Å²) in [6.45, 7) is 4.64. The lowest BCUT2D eigenvalue weighted by molar-refractivity contribution is 0.338. The third kappa shape index (κ3) is 3.85. The fourth-order valence-electron chi connectivity index (χ4n) is 4.96. The number of piperidine rings is 1. The number of rotatable bonds is 6. The maximum atomic E-state index is 5.80. The van der Waals surface area contributed by atoms with Gasteiger partial charge in [-0.3, -0.25) is 10.1 Å². The Morgan fingerprint density at radius 2 is 2.03 bits per heavy atom. The summed E-state index contributed by atoms with van der Waals surface area (Å²) in [7, 11) is 0. The van der Waals surface area contributed by atoms with Crippen LogP contribution in [0, 0.1) is 5.92 Å². The molecule has 6 rings (SSSR count). The van der Waals surface area contributed by atoms with Gasteiger partial charge in [0.2, 0.25) is 0 Å². The number of hydrogen-bond donors (Lipinski definition) is 1. The highest BCUT2D eigenvalue weighted by atomic mass is 16.5. The molecule has 0 amide bonds. The van der Waals surface area contributed by atoms with Gasteiger partial charge in [-0.15, -0.1) is 5.10 Å². The maximum absolute atomic E-state index is 5.80. The molecule has 1 saturated heterocycles. The number of anilines is 1. The zero-order valence-electron chi connectivity index (χ0n) is 19.2. The average molecular weight is 454 g/mol. The van der Waals surface area contributed by atoms with E-state index in [9.17, 15) is 0 Å². The molecule has 0 unspecified atom stereocenters. The van der Waals surface area contributed by atoms with Crippen LogP contribution in [0.4, 0.5) is 5.82 Å². The fourth-order valence-corrected chi connectivity index (χ4v) is 4.96. The Labute approximate surface area is 197 Å². The third-order valence-corrected chi connectivity index (χ3v) is 6.66. The van der Waals surface area contributed by atoms with Crippen LogP contribution in [-0.2, 0) is 6.42 Å². The van der Waals surface area contributed by atoms with Gasteiger partial charge in [-0.1, -0.05) is 6.07 Å². The van der Waals surface area contributed by atoms with Gasteiger partial charge in [0, 0.05) is 42.8 Å². The van der Waals surface area contributed by atoms with Crippen molar-refractivity contribution in [1.29, 1.82) is 0 Å². The highest BCUT2D eigenvalue weighted by molar-refractivity contribution is 6.00. The van der Waals surface area contributed by atoms with Crippen LogP contribution in [0.2, 0.25) is 0 Å². The molecule has 172 valence electrons. The van der Waals surface area contributed by atoms with Gasteiger partial charge in [-0.25, -0.2) is 9.50 Å². The van der Waals surface area contributed by atoms with Crippen molar-refractivity contribution in [1.82, 2.24) is 29.8 Å². The van der Waals surface area contributed by atoms with Crippen LogP contribution in [-0.4, -0.2) is 49.5 Å². The molecular formula is C26H27N7O. The van der Waals surface area contributed by atoms with Crippen molar-refractivity contribution in [2.75, 3.05) is 24.6 Å². The Bertz CT molecular complexity index is 1400. The largest absolute Gasteiger partial charge is 0.492 e. The highest BCUT2D eigenvalue weighted by Gasteiger charge is 2.21. The van der Waals surface area contributed by atoms with Crippen LogP contribution in [0.15, 0.2) is 61.3 Å². The number of aromatic nitrogens is 6. The number of ether oxygens (including phenoxy) is 1. The molecule has 0 aliphatic carbocycles. The third-order valence-electron chi connectivity index (χ3n) is 6.66. The Hall–Kier alpha value is -3.94. The van der Waals surface area contributed by atoms with E-state index in [0.29, 0.717) is 12.5 Å². The van der Waals surface area contributed by atoms with Gasteiger partial charge < -0.3 is 9.64 Å². The molecule has 8 nitrogen and oxygen atoms in total. The van der Waals surface area contributed by atoms with Crippen molar-refractivity contribution in [2.45, 2.75) is 26.2 Å². The quantitative estimate of drug-likeness (QED) is 0.407. The molecular weight excluding hydrogens is 426 g/mol. The summed E-state index contributed by atoms with van der Waals surface area (Å²) in [5, 5.41) is 12.7.